The number of rotatable bonds is 3. The van der Waals surface area contributed by atoms with E-state index in [0.29, 0.717) is 11.4 Å². The van der Waals surface area contributed by atoms with Gasteiger partial charge in [-0.15, -0.1) is 0 Å². The van der Waals surface area contributed by atoms with Gasteiger partial charge in [0.15, 0.2) is 0 Å². The van der Waals surface area contributed by atoms with E-state index in [4.69, 9.17) is 29.0 Å². The van der Waals surface area contributed by atoms with Gasteiger partial charge < -0.3 is 10.7 Å². The number of hydrogen-bond acceptors (Lipinski definition) is 4. The zero-order valence-electron chi connectivity index (χ0n) is 10.9. The van der Waals surface area contributed by atoms with Crippen molar-refractivity contribution in [3.05, 3.63) is 51.5 Å². The first-order valence-electron chi connectivity index (χ1n) is 5.81. The zero-order valence-corrected chi connectivity index (χ0v) is 12.4. The molecule has 1 heterocycles. The summed E-state index contributed by atoms with van der Waals surface area (Å²) < 4.78 is 13.1. The second-order valence-electron chi connectivity index (χ2n) is 4.21. The number of halogens is 3. The number of benzene rings is 1. The molecule has 0 atom stereocenters. The fourth-order valence-electron chi connectivity index (χ4n) is 1.70. The molecule has 0 bridgehead atoms. The highest BCUT2D eigenvalue weighted by Crippen LogP contribution is 2.32. The minimum Gasteiger partial charge on any atom is -0.323 e. The normalized spacial score (nSPS) is 10.3. The van der Waals surface area contributed by atoms with Crippen LogP contribution in [-0.2, 0) is 0 Å². The average molecular weight is 329 g/mol. The van der Waals surface area contributed by atoms with Crippen molar-refractivity contribution in [2.45, 2.75) is 6.92 Å². The van der Waals surface area contributed by atoms with Gasteiger partial charge in [0, 0.05) is 11.9 Å². The Hall–Kier alpha value is -1.89. The van der Waals surface area contributed by atoms with E-state index in [1.54, 1.807) is 13.0 Å². The number of nitrogens with zero attached hydrogens (tertiary/aromatic N) is 1. The highest BCUT2D eigenvalue weighted by molar-refractivity contribution is 6.40. The van der Waals surface area contributed by atoms with Crippen LogP contribution in [0.15, 0.2) is 24.4 Å². The van der Waals surface area contributed by atoms with E-state index < -0.39 is 11.7 Å². The van der Waals surface area contributed by atoms with Crippen molar-refractivity contribution < 1.29 is 9.18 Å². The summed E-state index contributed by atoms with van der Waals surface area (Å²) in [5.74, 6) is 4.26. The van der Waals surface area contributed by atoms with Crippen LogP contribution < -0.4 is 16.6 Å². The molecule has 0 saturated heterocycles. The molecule has 0 aliphatic rings. The van der Waals surface area contributed by atoms with Gasteiger partial charge in [-0.2, -0.15) is 0 Å². The topological polar surface area (TPSA) is 80.0 Å². The lowest BCUT2D eigenvalue weighted by molar-refractivity contribution is 0.102. The summed E-state index contributed by atoms with van der Waals surface area (Å²) in [5, 5.41) is 2.50. The Kier molecular flexibility index (Phi) is 4.62. The van der Waals surface area contributed by atoms with Crippen molar-refractivity contribution in [2.75, 3.05) is 10.7 Å². The second kappa shape index (κ2) is 6.26. The van der Waals surface area contributed by atoms with E-state index in [0.717, 1.165) is 12.1 Å². The zero-order chi connectivity index (χ0) is 15.6. The molecule has 8 heteroatoms. The molecule has 5 nitrogen and oxygen atoms in total. The number of nitrogens with one attached hydrogen (secondary N) is 2. The number of aromatic nitrogens is 1. The van der Waals surface area contributed by atoms with E-state index in [1.165, 1.54) is 6.20 Å². The summed E-state index contributed by atoms with van der Waals surface area (Å²) in [6.45, 7) is 1.76. The van der Waals surface area contributed by atoms with Crippen molar-refractivity contribution in [2.24, 2.45) is 5.84 Å². The second-order valence-corrected chi connectivity index (χ2v) is 5.03. The van der Waals surface area contributed by atoms with E-state index in [2.05, 4.69) is 15.7 Å². The van der Waals surface area contributed by atoms with E-state index in [1.807, 2.05) is 0 Å². The van der Waals surface area contributed by atoms with Crippen LogP contribution in [0.1, 0.15) is 16.1 Å². The van der Waals surface area contributed by atoms with Gasteiger partial charge in [0.1, 0.15) is 5.82 Å². The largest absolute Gasteiger partial charge is 0.323 e. The van der Waals surface area contributed by atoms with Crippen molar-refractivity contribution in [3.63, 3.8) is 0 Å². The first-order valence-corrected chi connectivity index (χ1v) is 6.57. The van der Waals surface area contributed by atoms with Crippen LogP contribution in [0.5, 0.6) is 0 Å². The number of nitrogens with two attached hydrogens (primary N) is 1. The lowest BCUT2D eigenvalue weighted by Crippen LogP contribution is -2.18. The Bertz CT molecular complexity index is 686. The smallest absolute Gasteiger partial charge is 0.259 e. The Labute approximate surface area is 130 Å². The van der Waals surface area contributed by atoms with Gasteiger partial charge in [-0.25, -0.2) is 4.39 Å². The molecule has 0 spiro atoms. The molecule has 1 aromatic heterocycles. The van der Waals surface area contributed by atoms with Crippen LogP contribution in [0.3, 0.4) is 0 Å². The van der Waals surface area contributed by atoms with Gasteiger partial charge in [-0.1, -0.05) is 23.2 Å². The maximum Gasteiger partial charge on any atom is 0.259 e. The van der Waals surface area contributed by atoms with E-state index >= 15 is 0 Å². The molecule has 0 fully saturated rings. The molecule has 1 aromatic carbocycles. The fourth-order valence-corrected chi connectivity index (χ4v) is 2.26. The molecule has 0 aliphatic heterocycles. The molecule has 110 valence electrons. The van der Waals surface area contributed by atoms with Crippen molar-refractivity contribution in [3.8, 4) is 0 Å². The van der Waals surface area contributed by atoms with Crippen LogP contribution >= 0.6 is 23.2 Å². The molecule has 2 aromatic rings. The van der Waals surface area contributed by atoms with Gasteiger partial charge in [-0.05, 0) is 25.1 Å². The molecular weight excluding hydrogens is 318 g/mol. The quantitative estimate of drug-likeness (QED) is 0.596. The third kappa shape index (κ3) is 3.41. The number of carbonyl (C=O) groups excluding carboxylic acids is 1. The molecule has 1 amide bonds. The number of amides is 1. The first kappa shape index (κ1) is 15.5. The molecule has 2 rings (SSSR count). The van der Waals surface area contributed by atoms with Crippen LogP contribution in [0.4, 0.5) is 15.8 Å². The Morgan fingerprint density at radius 2 is 1.90 bits per heavy atom. The Morgan fingerprint density at radius 1 is 1.29 bits per heavy atom. The number of nitrogen functional groups attached to an aromatic ring is 1. The monoisotopic (exact) mass is 328 g/mol. The third-order valence-electron chi connectivity index (χ3n) is 2.69. The van der Waals surface area contributed by atoms with Crippen LogP contribution in [0, 0.1) is 12.7 Å². The number of hydrazine groups is 1. The van der Waals surface area contributed by atoms with Crippen molar-refractivity contribution in [1.29, 1.82) is 0 Å². The van der Waals surface area contributed by atoms with Gasteiger partial charge in [-0.3, -0.25) is 15.6 Å². The summed E-state index contributed by atoms with van der Waals surface area (Å²) in [5.41, 5.74) is 3.83. The molecule has 0 aliphatic carbocycles. The summed E-state index contributed by atoms with van der Waals surface area (Å²) in [7, 11) is 0. The van der Waals surface area contributed by atoms with E-state index in [9.17, 15) is 9.18 Å². The fraction of sp³-hybridized carbons (Fsp3) is 0.0769. The number of anilines is 2. The summed E-state index contributed by atoms with van der Waals surface area (Å²) in [6.07, 6.45) is 1.37. The SMILES string of the molecule is Cc1cc(NN)c(C(=O)Nc2c(Cl)cc(F)cc2Cl)cn1. The number of hydrogen-bond donors (Lipinski definition) is 3. The lowest BCUT2D eigenvalue weighted by atomic mass is 10.2. The average Bonchev–Trinajstić information content (AvgIpc) is 2.42. The number of carbonyl (C=O) groups is 1. The highest BCUT2D eigenvalue weighted by atomic mass is 35.5. The Balaban J connectivity index is 2.35. The summed E-state index contributed by atoms with van der Waals surface area (Å²) in [4.78, 5) is 16.3. The predicted molar refractivity (Wildman–Crippen MR) is 81.2 cm³/mol. The standard InChI is InChI=1S/C13H11Cl2FN4O/c1-6-2-11(20-17)8(5-18-6)13(21)19-12-9(14)3-7(16)4-10(12)15/h2-5H,17H2,1H3,(H,18,20)(H,19,21). The van der Waals surface area contributed by atoms with Gasteiger partial charge in [0.25, 0.3) is 5.91 Å². The maximum atomic E-state index is 13.1. The van der Waals surface area contributed by atoms with Crippen molar-refractivity contribution >= 4 is 40.5 Å². The Morgan fingerprint density at radius 3 is 2.48 bits per heavy atom. The van der Waals surface area contributed by atoms with Gasteiger partial charge in [0.05, 0.1) is 27.0 Å². The van der Waals surface area contributed by atoms with E-state index in [-0.39, 0.29) is 21.3 Å². The minimum absolute atomic E-state index is 0.00400. The number of aryl methyl sites for hydroxylation is 1. The van der Waals surface area contributed by atoms with Gasteiger partial charge >= 0.3 is 0 Å². The molecule has 4 N–H and O–H groups in total. The van der Waals surface area contributed by atoms with Crippen LogP contribution in [-0.4, -0.2) is 10.9 Å². The first-order chi connectivity index (χ1) is 9.92. The highest BCUT2D eigenvalue weighted by Gasteiger charge is 2.16. The minimum atomic E-state index is -0.593. The molecule has 21 heavy (non-hydrogen) atoms. The predicted octanol–water partition coefficient (Wildman–Crippen LogP) is 3.37. The van der Waals surface area contributed by atoms with Crippen LogP contribution in [0.2, 0.25) is 10.0 Å². The summed E-state index contributed by atoms with van der Waals surface area (Å²) in [6, 6.07) is 3.72. The van der Waals surface area contributed by atoms with Crippen LogP contribution in [0.25, 0.3) is 0 Å². The molecular formula is C13H11Cl2FN4O. The molecule has 0 saturated carbocycles. The molecule has 0 unspecified atom stereocenters. The third-order valence-corrected chi connectivity index (χ3v) is 3.28. The number of pyridine rings is 1. The summed E-state index contributed by atoms with van der Waals surface area (Å²) >= 11 is 11.7. The van der Waals surface area contributed by atoms with Gasteiger partial charge in [0.2, 0.25) is 0 Å². The molecule has 0 radical (unpaired) electrons. The maximum absolute atomic E-state index is 13.1. The lowest BCUT2D eigenvalue weighted by Gasteiger charge is -2.12. The van der Waals surface area contributed by atoms with Crippen molar-refractivity contribution in [1.82, 2.24) is 4.98 Å².